The van der Waals surface area contributed by atoms with Gasteiger partial charge in [-0.1, -0.05) is 30.3 Å². The average Bonchev–Trinajstić information content (AvgIpc) is 2.43. The van der Waals surface area contributed by atoms with Crippen molar-refractivity contribution in [3.05, 3.63) is 60.2 Å². The Morgan fingerprint density at radius 3 is 2.14 bits per heavy atom. The summed E-state index contributed by atoms with van der Waals surface area (Å²) in [5, 5.41) is 3.46. The molecule has 0 bridgehead atoms. The second-order valence-electron chi connectivity index (χ2n) is 5.72. The molecule has 3 rings (SSSR count). The third-order valence-electron chi connectivity index (χ3n) is 4.06. The summed E-state index contributed by atoms with van der Waals surface area (Å²) in [7, 11) is -3.11. The average molecular weight is 301 g/mol. The second-order valence-corrected chi connectivity index (χ2v) is 7.73. The molecule has 0 amide bonds. The Balaban J connectivity index is 1.57. The van der Waals surface area contributed by atoms with E-state index < -0.39 is 9.84 Å². The molecule has 1 fully saturated rings. The summed E-state index contributed by atoms with van der Waals surface area (Å²) in [4.78, 5) is 0.365. The van der Waals surface area contributed by atoms with E-state index in [1.807, 2.05) is 18.2 Å². The van der Waals surface area contributed by atoms with Gasteiger partial charge >= 0.3 is 0 Å². The monoisotopic (exact) mass is 301 g/mol. The molecular formula is C17H19NO2S. The lowest BCUT2D eigenvalue weighted by molar-refractivity contribution is 0.374. The highest BCUT2D eigenvalue weighted by atomic mass is 32.2. The summed E-state index contributed by atoms with van der Waals surface area (Å²) < 4.78 is 22.8. The van der Waals surface area contributed by atoms with Gasteiger partial charge in [-0.2, -0.15) is 0 Å². The lowest BCUT2D eigenvalue weighted by Gasteiger charge is -2.37. The molecule has 1 aliphatic carbocycles. The molecule has 0 aromatic heterocycles. The summed E-state index contributed by atoms with van der Waals surface area (Å²) in [6.07, 6.45) is 3.47. The van der Waals surface area contributed by atoms with Crippen LogP contribution in [0.4, 0.5) is 5.69 Å². The van der Waals surface area contributed by atoms with Crippen molar-refractivity contribution in [1.29, 1.82) is 0 Å². The molecule has 1 saturated carbocycles. The first-order chi connectivity index (χ1) is 10.0. The first-order valence-corrected chi connectivity index (χ1v) is 9.03. The van der Waals surface area contributed by atoms with Crippen LogP contribution in [0, 0.1) is 0 Å². The van der Waals surface area contributed by atoms with Crippen LogP contribution in [0.25, 0.3) is 0 Å². The number of hydrogen-bond acceptors (Lipinski definition) is 3. The van der Waals surface area contributed by atoms with E-state index in [1.165, 1.54) is 11.8 Å². The van der Waals surface area contributed by atoms with Crippen LogP contribution in [0.2, 0.25) is 0 Å². The highest BCUT2D eigenvalue weighted by molar-refractivity contribution is 7.90. The molecule has 0 saturated heterocycles. The van der Waals surface area contributed by atoms with E-state index in [4.69, 9.17) is 0 Å². The third-order valence-corrected chi connectivity index (χ3v) is 5.19. The van der Waals surface area contributed by atoms with Gasteiger partial charge in [0.1, 0.15) is 0 Å². The van der Waals surface area contributed by atoms with Crippen molar-refractivity contribution in [3.63, 3.8) is 0 Å². The van der Waals surface area contributed by atoms with Gasteiger partial charge in [0.2, 0.25) is 0 Å². The molecule has 3 nitrogen and oxygen atoms in total. The Morgan fingerprint density at radius 2 is 1.57 bits per heavy atom. The molecule has 1 N–H and O–H groups in total. The topological polar surface area (TPSA) is 46.2 Å². The summed E-state index contributed by atoms with van der Waals surface area (Å²) in [5.41, 5.74) is 2.39. The molecule has 0 aliphatic heterocycles. The Hall–Kier alpha value is -1.81. The Morgan fingerprint density at radius 1 is 0.952 bits per heavy atom. The van der Waals surface area contributed by atoms with Crippen molar-refractivity contribution >= 4 is 15.5 Å². The van der Waals surface area contributed by atoms with Gasteiger partial charge in [-0.3, -0.25) is 0 Å². The van der Waals surface area contributed by atoms with Crippen molar-refractivity contribution in [1.82, 2.24) is 0 Å². The molecule has 2 aromatic rings. The van der Waals surface area contributed by atoms with Crippen LogP contribution in [0.5, 0.6) is 0 Å². The SMILES string of the molecule is CS(=O)(=O)c1ccc(NC2CC(c3ccccc3)C2)cc1. The minimum atomic E-state index is -3.11. The van der Waals surface area contributed by atoms with Crippen LogP contribution in [-0.2, 0) is 9.84 Å². The normalized spacial score (nSPS) is 21.6. The van der Waals surface area contributed by atoms with Crippen molar-refractivity contribution in [3.8, 4) is 0 Å². The van der Waals surface area contributed by atoms with E-state index in [-0.39, 0.29) is 0 Å². The second kappa shape index (κ2) is 5.53. The van der Waals surface area contributed by atoms with Crippen LogP contribution in [0.3, 0.4) is 0 Å². The zero-order chi connectivity index (χ0) is 14.9. The summed E-state index contributed by atoms with van der Waals surface area (Å²) in [6.45, 7) is 0. The smallest absolute Gasteiger partial charge is 0.175 e. The predicted molar refractivity (Wildman–Crippen MR) is 85.4 cm³/mol. The zero-order valence-corrected chi connectivity index (χ0v) is 12.8. The van der Waals surface area contributed by atoms with Crippen molar-refractivity contribution in [2.75, 3.05) is 11.6 Å². The lowest BCUT2D eigenvalue weighted by Crippen LogP contribution is -2.33. The maximum atomic E-state index is 11.4. The van der Waals surface area contributed by atoms with E-state index in [2.05, 4.69) is 29.6 Å². The minimum absolute atomic E-state index is 0.365. The number of sulfone groups is 1. The quantitative estimate of drug-likeness (QED) is 0.941. The fraction of sp³-hybridized carbons (Fsp3) is 0.294. The molecule has 1 aliphatic rings. The Labute approximate surface area is 125 Å². The standard InChI is InChI=1S/C17H19NO2S/c1-21(19,20)17-9-7-15(8-10-17)18-16-11-14(12-16)13-5-3-2-4-6-13/h2-10,14,16,18H,11-12H2,1H3. The van der Waals surface area contributed by atoms with Gasteiger partial charge in [0.05, 0.1) is 4.90 Å². The number of rotatable bonds is 4. The summed E-state index contributed by atoms with van der Waals surface area (Å²) >= 11 is 0. The first-order valence-electron chi connectivity index (χ1n) is 7.14. The van der Waals surface area contributed by atoms with Gasteiger partial charge in [-0.15, -0.1) is 0 Å². The van der Waals surface area contributed by atoms with Crippen LogP contribution >= 0.6 is 0 Å². The molecule has 0 unspecified atom stereocenters. The molecule has 0 spiro atoms. The first kappa shape index (κ1) is 14.1. The van der Waals surface area contributed by atoms with Crippen LogP contribution in [0.15, 0.2) is 59.5 Å². The predicted octanol–water partition coefficient (Wildman–Crippen LogP) is 3.45. The summed E-state index contributed by atoms with van der Waals surface area (Å²) in [6, 6.07) is 18.0. The van der Waals surface area contributed by atoms with Gasteiger partial charge < -0.3 is 5.32 Å². The molecular weight excluding hydrogens is 282 g/mol. The van der Waals surface area contributed by atoms with Crippen LogP contribution < -0.4 is 5.32 Å². The van der Waals surface area contributed by atoms with E-state index in [0.29, 0.717) is 16.9 Å². The van der Waals surface area contributed by atoms with Crippen LogP contribution in [0.1, 0.15) is 24.3 Å². The van der Waals surface area contributed by atoms with E-state index in [9.17, 15) is 8.42 Å². The number of anilines is 1. The fourth-order valence-corrected chi connectivity index (χ4v) is 3.40. The third kappa shape index (κ3) is 3.27. The molecule has 110 valence electrons. The number of benzene rings is 2. The number of hydrogen-bond donors (Lipinski definition) is 1. The van der Waals surface area contributed by atoms with Crippen molar-refractivity contribution < 1.29 is 8.42 Å². The van der Waals surface area contributed by atoms with Gasteiger partial charge in [0.25, 0.3) is 0 Å². The maximum absolute atomic E-state index is 11.4. The molecule has 21 heavy (non-hydrogen) atoms. The zero-order valence-electron chi connectivity index (χ0n) is 12.0. The Bertz CT molecular complexity index is 702. The van der Waals surface area contributed by atoms with E-state index in [0.717, 1.165) is 18.5 Å². The van der Waals surface area contributed by atoms with Gasteiger partial charge in [-0.05, 0) is 48.6 Å². The Kier molecular flexibility index (Phi) is 3.72. The minimum Gasteiger partial charge on any atom is -0.382 e. The summed E-state index contributed by atoms with van der Waals surface area (Å²) in [5.74, 6) is 0.638. The van der Waals surface area contributed by atoms with E-state index in [1.54, 1.807) is 12.1 Å². The number of nitrogens with one attached hydrogen (secondary N) is 1. The molecule has 0 radical (unpaired) electrons. The van der Waals surface area contributed by atoms with E-state index >= 15 is 0 Å². The molecule has 0 heterocycles. The highest BCUT2D eigenvalue weighted by Gasteiger charge is 2.29. The maximum Gasteiger partial charge on any atom is 0.175 e. The molecule has 2 aromatic carbocycles. The molecule has 4 heteroatoms. The van der Waals surface area contributed by atoms with Crippen LogP contribution in [-0.4, -0.2) is 20.7 Å². The van der Waals surface area contributed by atoms with Crippen molar-refractivity contribution in [2.45, 2.75) is 29.7 Å². The molecule has 0 atom stereocenters. The van der Waals surface area contributed by atoms with Gasteiger partial charge in [0, 0.05) is 18.0 Å². The van der Waals surface area contributed by atoms with Gasteiger partial charge in [0.15, 0.2) is 9.84 Å². The fourth-order valence-electron chi connectivity index (χ4n) is 2.77. The largest absolute Gasteiger partial charge is 0.382 e. The van der Waals surface area contributed by atoms with Crippen molar-refractivity contribution in [2.24, 2.45) is 0 Å². The lowest BCUT2D eigenvalue weighted by atomic mass is 9.76. The van der Waals surface area contributed by atoms with Gasteiger partial charge in [-0.25, -0.2) is 8.42 Å². The highest BCUT2D eigenvalue weighted by Crippen LogP contribution is 2.38.